The molecule has 2 fully saturated rings. The van der Waals surface area contributed by atoms with Gasteiger partial charge in [-0.1, -0.05) is 30.3 Å². The number of nitrogens with zero attached hydrogens (tertiary/aromatic N) is 5. The molecule has 1 aromatic heterocycles. The first-order valence-corrected chi connectivity index (χ1v) is 12.6. The summed E-state index contributed by atoms with van der Waals surface area (Å²) in [5, 5.41) is 17.2. The molecule has 0 unspecified atom stereocenters. The third-order valence-electron chi connectivity index (χ3n) is 7.27. The van der Waals surface area contributed by atoms with Gasteiger partial charge in [0.05, 0.1) is 42.8 Å². The fraction of sp³-hybridized carbons (Fsp3) is 0.393. The van der Waals surface area contributed by atoms with E-state index in [0.29, 0.717) is 29.4 Å². The fourth-order valence-corrected chi connectivity index (χ4v) is 5.18. The van der Waals surface area contributed by atoms with E-state index in [1.807, 2.05) is 54.1 Å². The molecular formula is C28H32N6O2. The average molecular weight is 485 g/mol. The summed E-state index contributed by atoms with van der Waals surface area (Å²) in [5.41, 5.74) is 4.57. The highest BCUT2D eigenvalue weighted by atomic mass is 16.5. The molecule has 8 nitrogen and oxygen atoms in total. The third-order valence-corrected chi connectivity index (χ3v) is 7.27. The Morgan fingerprint density at radius 2 is 1.86 bits per heavy atom. The first-order chi connectivity index (χ1) is 17.6. The number of hydrogen-bond acceptors (Lipinski definition) is 6. The molecule has 2 aromatic carbocycles. The normalized spacial score (nSPS) is 17.1. The number of carbonyl (C=O) groups excluding carboxylic acids is 1. The van der Waals surface area contributed by atoms with Gasteiger partial charge in [-0.2, -0.15) is 10.4 Å². The minimum atomic E-state index is -0.227. The number of nitriles is 1. The van der Waals surface area contributed by atoms with Crippen molar-refractivity contribution in [3.63, 3.8) is 0 Å². The number of piperidine rings is 1. The van der Waals surface area contributed by atoms with Crippen LogP contribution in [-0.2, 0) is 11.3 Å². The maximum absolute atomic E-state index is 13.0. The van der Waals surface area contributed by atoms with Crippen molar-refractivity contribution in [3.8, 4) is 6.07 Å². The van der Waals surface area contributed by atoms with Gasteiger partial charge in [0.2, 0.25) is 0 Å². The first kappa shape index (κ1) is 24.0. The standard InChI is InChI=1S/C28H32N6O2/c1-21-26(19-30-34(21)20-22-5-3-2-4-6-22)28(35)31-24-7-8-27(23(17-24)18-29)33-11-9-25(10-12-33)32-13-15-36-16-14-32/h2-8,17,19,25H,9-16,20H2,1H3,(H,31,35). The topological polar surface area (TPSA) is 86.4 Å². The number of rotatable bonds is 6. The van der Waals surface area contributed by atoms with Crippen LogP contribution in [0.25, 0.3) is 0 Å². The van der Waals surface area contributed by atoms with Crippen LogP contribution in [0.3, 0.4) is 0 Å². The Balaban J connectivity index is 1.23. The molecule has 0 spiro atoms. The minimum absolute atomic E-state index is 0.227. The van der Waals surface area contributed by atoms with Crippen molar-refractivity contribution >= 4 is 17.3 Å². The predicted octanol–water partition coefficient (Wildman–Crippen LogP) is 3.66. The number of nitrogens with one attached hydrogen (secondary N) is 1. The lowest BCUT2D eigenvalue weighted by atomic mass is 10.0. The Kier molecular flexibility index (Phi) is 7.31. The van der Waals surface area contributed by atoms with Gasteiger partial charge in [-0.25, -0.2) is 0 Å². The van der Waals surface area contributed by atoms with Crippen LogP contribution in [0.1, 0.15) is 40.0 Å². The molecule has 1 amide bonds. The average Bonchev–Trinajstić information content (AvgIpc) is 3.29. The van der Waals surface area contributed by atoms with E-state index in [-0.39, 0.29) is 5.91 Å². The third kappa shape index (κ3) is 5.27. The van der Waals surface area contributed by atoms with Gasteiger partial charge in [-0.3, -0.25) is 14.4 Å². The number of amides is 1. The van der Waals surface area contributed by atoms with Crippen LogP contribution in [0.2, 0.25) is 0 Å². The predicted molar refractivity (Wildman–Crippen MR) is 139 cm³/mol. The van der Waals surface area contributed by atoms with E-state index in [0.717, 1.165) is 69.2 Å². The Hall–Kier alpha value is -3.67. The molecule has 2 saturated heterocycles. The second kappa shape index (κ2) is 10.9. The SMILES string of the molecule is Cc1c(C(=O)Nc2ccc(N3CCC(N4CCOCC4)CC3)c(C#N)c2)cnn1Cc1ccccc1. The van der Waals surface area contributed by atoms with Gasteiger partial charge in [0, 0.05) is 43.6 Å². The van der Waals surface area contributed by atoms with E-state index in [1.165, 1.54) is 0 Å². The summed E-state index contributed by atoms with van der Waals surface area (Å²) in [6.45, 7) is 7.99. The van der Waals surface area contributed by atoms with Crippen LogP contribution in [0.15, 0.2) is 54.7 Å². The van der Waals surface area contributed by atoms with Crippen LogP contribution in [0.4, 0.5) is 11.4 Å². The number of morpholine rings is 1. The number of ether oxygens (including phenoxy) is 1. The van der Waals surface area contributed by atoms with E-state index < -0.39 is 0 Å². The van der Waals surface area contributed by atoms with E-state index in [1.54, 1.807) is 12.3 Å². The summed E-state index contributed by atoms with van der Waals surface area (Å²) in [5.74, 6) is -0.227. The van der Waals surface area contributed by atoms with Crippen molar-refractivity contribution in [2.75, 3.05) is 49.6 Å². The molecule has 8 heteroatoms. The van der Waals surface area contributed by atoms with Crippen molar-refractivity contribution in [2.45, 2.75) is 32.4 Å². The van der Waals surface area contributed by atoms with Crippen LogP contribution >= 0.6 is 0 Å². The van der Waals surface area contributed by atoms with Crippen LogP contribution in [0.5, 0.6) is 0 Å². The lowest BCUT2D eigenvalue weighted by Gasteiger charge is -2.41. The highest BCUT2D eigenvalue weighted by molar-refractivity contribution is 6.05. The molecule has 2 aliphatic rings. The van der Waals surface area contributed by atoms with Gasteiger partial charge < -0.3 is 15.0 Å². The zero-order chi connectivity index (χ0) is 24.9. The molecular weight excluding hydrogens is 452 g/mol. The second-order valence-electron chi connectivity index (χ2n) is 9.45. The molecule has 5 rings (SSSR count). The molecule has 0 atom stereocenters. The number of aromatic nitrogens is 2. The quantitative estimate of drug-likeness (QED) is 0.575. The molecule has 1 N–H and O–H groups in total. The highest BCUT2D eigenvalue weighted by Gasteiger charge is 2.27. The lowest BCUT2D eigenvalue weighted by Crippen LogP contribution is -2.49. The summed E-state index contributed by atoms with van der Waals surface area (Å²) in [6.07, 6.45) is 3.76. The zero-order valence-electron chi connectivity index (χ0n) is 20.7. The largest absolute Gasteiger partial charge is 0.379 e. The molecule has 0 saturated carbocycles. The zero-order valence-corrected chi connectivity index (χ0v) is 20.7. The molecule has 0 bridgehead atoms. The monoisotopic (exact) mass is 484 g/mol. The fourth-order valence-electron chi connectivity index (χ4n) is 5.18. The van der Waals surface area contributed by atoms with Crippen molar-refractivity contribution in [1.29, 1.82) is 5.26 Å². The highest BCUT2D eigenvalue weighted by Crippen LogP contribution is 2.28. The first-order valence-electron chi connectivity index (χ1n) is 12.6. The van der Waals surface area contributed by atoms with Gasteiger partial charge >= 0.3 is 0 Å². The number of anilines is 2. The second-order valence-corrected chi connectivity index (χ2v) is 9.45. The van der Waals surface area contributed by atoms with Crippen molar-refractivity contribution in [2.24, 2.45) is 0 Å². The minimum Gasteiger partial charge on any atom is -0.379 e. The van der Waals surface area contributed by atoms with Crippen molar-refractivity contribution in [3.05, 3.63) is 77.1 Å². The van der Waals surface area contributed by atoms with E-state index in [2.05, 4.69) is 26.3 Å². The van der Waals surface area contributed by atoms with Gasteiger partial charge in [-0.05, 0) is 43.5 Å². The van der Waals surface area contributed by atoms with Crippen LogP contribution < -0.4 is 10.2 Å². The number of hydrogen-bond donors (Lipinski definition) is 1. The molecule has 0 aliphatic carbocycles. The molecule has 3 aromatic rings. The molecule has 0 radical (unpaired) electrons. The maximum Gasteiger partial charge on any atom is 0.259 e. The Morgan fingerprint density at radius 1 is 1.11 bits per heavy atom. The van der Waals surface area contributed by atoms with Gasteiger partial charge in [-0.15, -0.1) is 0 Å². The van der Waals surface area contributed by atoms with Gasteiger partial charge in [0.15, 0.2) is 0 Å². The summed E-state index contributed by atoms with van der Waals surface area (Å²) >= 11 is 0. The maximum atomic E-state index is 13.0. The number of benzene rings is 2. The lowest BCUT2D eigenvalue weighted by molar-refractivity contribution is 0.0115. The Bertz CT molecular complexity index is 1230. The summed E-state index contributed by atoms with van der Waals surface area (Å²) in [4.78, 5) is 17.8. The Labute approximate surface area is 212 Å². The summed E-state index contributed by atoms with van der Waals surface area (Å²) in [6, 6.07) is 18.6. The van der Waals surface area contributed by atoms with Crippen molar-refractivity contribution < 1.29 is 9.53 Å². The molecule has 3 heterocycles. The summed E-state index contributed by atoms with van der Waals surface area (Å²) < 4.78 is 7.32. The van der Waals surface area contributed by atoms with Crippen LogP contribution in [-0.4, -0.2) is 66.0 Å². The van der Waals surface area contributed by atoms with E-state index in [9.17, 15) is 10.1 Å². The van der Waals surface area contributed by atoms with Gasteiger partial charge in [0.1, 0.15) is 6.07 Å². The molecule has 36 heavy (non-hydrogen) atoms. The summed E-state index contributed by atoms with van der Waals surface area (Å²) in [7, 11) is 0. The molecule has 2 aliphatic heterocycles. The van der Waals surface area contributed by atoms with Crippen molar-refractivity contribution in [1.82, 2.24) is 14.7 Å². The van der Waals surface area contributed by atoms with E-state index in [4.69, 9.17) is 4.74 Å². The molecule has 186 valence electrons. The van der Waals surface area contributed by atoms with Gasteiger partial charge in [0.25, 0.3) is 5.91 Å². The van der Waals surface area contributed by atoms with E-state index >= 15 is 0 Å². The number of carbonyl (C=O) groups is 1. The smallest absolute Gasteiger partial charge is 0.259 e. The van der Waals surface area contributed by atoms with Crippen LogP contribution in [0, 0.1) is 18.3 Å². The Morgan fingerprint density at radius 3 is 2.58 bits per heavy atom.